The van der Waals surface area contributed by atoms with Gasteiger partial charge in [-0.3, -0.25) is 4.68 Å². The summed E-state index contributed by atoms with van der Waals surface area (Å²) >= 11 is 0. The molecular formula is C14H16N2O5. The predicted octanol–water partition coefficient (Wildman–Crippen LogP) is 1.20. The first-order valence-corrected chi connectivity index (χ1v) is 6.21. The van der Waals surface area contributed by atoms with Crippen LogP contribution in [0.1, 0.15) is 21.6 Å². The van der Waals surface area contributed by atoms with Gasteiger partial charge in [-0.05, 0) is 17.7 Å². The zero-order valence-electron chi connectivity index (χ0n) is 11.7. The molecule has 0 bridgehead atoms. The topological polar surface area (TPSA) is 93.8 Å². The Kier molecular flexibility index (Phi) is 4.44. The summed E-state index contributed by atoms with van der Waals surface area (Å²) in [6.07, 6.45) is 1.28. The molecule has 2 N–H and O–H groups in total. The van der Waals surface area contributed by atoms with Gasteiger partial charge in [-0.25, -0.2) is 4.79 Å². The second-order valence-corrected chi connectivity index (χ2v) is 4.37. The molecule has 7 nitrogen and oxygen atoms in total. The minimum Gasteiger partial charge on any atom is -0.493 e. The average Bonchev–Trinajstić information content (AvgIpc) is 2.86. The Labute approximate surface area is 121 Å². The molecule has 0 aliphatic carbocycles. The van der Waals surface area contributed by atoms with Crippen LogP contribution in [0.3, 0.4) is 0 Å². The zero-order valence-corrected chi connectivity index (χ0v) is 11.7. The molecule has 0 radical (unpaired) electrons. The highest BCUT2D eigenvalue weighted by Gasteiger charge is 2.16. The van der Waals surface area contributed by atoms with E-state index in [1.54, 1.807) is 25.2 Å². The minimum absolute atomic E-state index is 0.0486. The minimum atomic E-state index is -1.05. The molecule has 112 valence electrons. The first-order chi connectivity index (χ1) is 10.1. The molecule has 2 rings (SSSR count). The number of carbonyl (C=O) groups is 1. The largest absolute Gasteiger partial charge is 0.493 e. The van der Waals surface area contributed by atoms with Crippen molar-refractivity contribution < 1.29 is 24.5 Å². The molecule has 0 amide bonds. The van der Waals surface area contributed by atoms with Crippen molar-refractivity contribution in [3.8, 4) is 11.5 Å². The Balaban J connectivity index is 2.20. The number of methoxy groups -OCH3 is 1. The number of rotatable bonds is 6. The summed E-state index contributed by atoms with van der Waals surface area (Å²) in [5.74, 6) is -0.114. The molecule has 0 unspecified atom stereocenters. The number of aromatic nitrogens is 2. The molecule has 0 atom stereocenters. The third kappa shape index (κ3) is 3.14. The van der Waals surface area contributed by atoms with E-state index in [4.69, 9.17) is 19.7 Å². The maximum Gasteiger partial charge on any atom is 0.339 e. The number of aliphatic hydroxyl groups excluding tert-OH is 1. The molecule has 7 heteroatoms. The lowest BCUT2D eigenvalue weighted by Crippen LogP contribution is -2.09. The summed E-state index contributed by atoms with van der Waals surface area (Å²) in [5, 5.41) is 22.1. The van der Waals surface area contributed by atoms with Gasteiger partial charge in [-0.1, -0.05) is 6.07 Å². The lowest BCUT2D eigenvalue weighted by Gasteiger charge is -2.12. The van der Waals surface area contributed by atoms with Gasteiger partial charge in [0, 0.05) is 7.05 Å². The van der Waals surface area contributed by atoms with E-state index in [-0.39, 0.29) is 18.8 Å². The SMILES string of the molecule is COc1cc(CO)ccc1OCc1c(C(=O)O)cnn1C. The van der Waals surface area contributed by atoms with Crippen molar-refractivity contribution in [1.29, 1.82) is 0 Å². The molecule has 0 aliphatic rings. The summed E-state index contributed by atoms with van der Waals surface area (Å²) in [7, 11) is 3.15. The number of ether oxygens (including phenoxy) is 2. The first-order valence-electron chi connectivity index (χ1n) is 6.21. The number of aryl methyl sites for hydroxylation is 1. The molecule has 1 aromatic carbocycles. The van der Waals surface area contributed by atoms with Crippen LogP contribution >= 0.6 is 0 Å². The van der Waals surface area contributed by atoms with Crippen molar-refractivity contribution in [2.75, 3.05) is 7.11 Å². The highest BCUT2D eigenvalue weighted by atomic mass is 16.5. The molecular weight excluding hydrogens is 276 g/mol. The van der Waals surface area contributed by atoms with E-state index in [9.17, 15) is 4.79 Å². The second kappa shape index (κ2) is 6.27. The van der Waals surface area contributed by atoms with E-state index in [2.05, 4.69) is 5.10 Å². The number of hydrogen-bond acceptors (Lipinski definition) is 5. The molecule has 2 aromatic rings. The summed E-state index contributed by atoms with van der Waals surface area (Å²) in [5.41, 5.74) is 1.25. The fourth-order valence-electron chi connectivity index (χ4n) is 1.89. The van der Waals surface area contributed by atoms with Crippen molar-refractivity contribution >= 4 is 5.97 Å². The number of carboxylic acids is 1. The Bertz CT molecular complexity index is 651. The third-order valence-corrected chi connectivity index (χ3v) is 3.07. The zero-order chi connectivity index (χ0) is 15.4. The van der Waals surface area contributed by atoms with Gasteiger partial charge in [0.1, 0.15) is 12.2 Å². The molecule has 21 heavy (non-hydrogen) atoms. The first kappa shape index (κ1) is 14.9. The molecule has 0 aliphatic heterocycles. The Morgan fingerprint density at radius 1 is 1.38 bits per heavy atom. The van der Waals surface area contributed by atoms with Gasteiger partial charge >= 0.3 is 5.97 Å². The smallest absolute Gasteiger partial charge is 0.339 e. The molecule has 0 spiro atoms. The van der Waals surface area contributed by atoms with Gasteiger partial charge < -0.3 is 19.7 Å². The van der Waals surface area contributed by atoms with Gasteiger partial charge in [0.15, 0.2) is 11.5 Å². The highest BCUT2D eigenvalue weighted by Crippen LogP contribution is 2.29. The van der Waals surface area contributed by atoms with Gasteiger partial charge in [0.05, 0.1) is 25.6 Å². The van der Waals surface area contributed by atoms with Crippen LogP contribution in [0.25, 0.3) is 0 Å². The predicted molar refractivity (Wildman–Crippen MR) is 73.4 cm³/mol. The molecule has 0 saturated heterocycles. The summed E-state index contributed by atoms with van der Waals surface area (Å²) in [6.45, 7) is -0.0471. The number of aromatic carboxylic acids is 1. The molecule has 0 saturated carbocycles. The molecule has 0 fully saturated rings. The maximum absolute atomic E-state index is 11.1. The van der Waals surface area contributed by atoms with Gasteiger partial charge in [-0.15, -0.1) is 0 Å². The van der Waals surface area contributed by atoms with Gasteiger partial charge in [0.2, 0.25) is 0 Å². The van der Waals surface area contributed by atoms with Crippen LogP contribution in [0.2, 0.25) is 0 Å². The number of carboxylic acid groups (broad SMARTS) is 1. The van der Waals surface area contributed by atoms with Crippen molar-refractivity contribution in [3.05, 3.63) is 41.2 Å². The quantitative estimate of drug-likeness (QED) is 0.831. The number of benzene rings is 1. The number of aliphatic hydroxyl groups is 1. The fraction of sp³-hybridized carbons (Fsp3) is 0.286. The van der Waals surface area contributed by atoms with E-state index in [0.717, 1.165) is 0 Å². The second-order valence-electron chi connectivity index (χ2n) is 4.37. The van der Waals surface area contributed by atoms with Crippen LogP contribution in [-0.2, 0) is 20.3 Å². The van der Waals surface area contributed by atoms with Crippen LogP contribution in [0.4, 0.5) is 0 Å². The van der Waals surface area contributed by atoms with Crippen molar-refractivity contribution in [1.82, 2.24) is 9.78 Å². The van der Waals surface area contributed by atoms with Crippen molar-refractivity contribution in [2.45, 2.75) is 13.2 Å². The van der Waals surface area contributed by atoms with Crippen LogP contribution in [0.5, 0.6) is 11.5 Å². The molecule has 1 heterocycles. The third-order valence-electron chi connectivity index (χ3n) is 3.07. The molecule has 1 aromatic heterocycles. The Morgan fingerprint density at radius 2 is 2.14 bits per heavy atom. The van der Waals surface area contributed by atoms with Crippen molar-refractivity contribution in [3.63, 3.8) is 0 Å². The van der Waals surface area contributed by atoms with E-state index < -0.39 is 5.97 Å². The van der Waals surface area contributed by atoms with Crippen LogP contribution in [0, 0.1) is 0 Å². The highest BCUT2D eigenvalue weighted by molar-refractivity contribution is 5.88. The van der Waals surface area contributed by atoms with Crippen molar-refractivity contribution in [2.24, 2.45) is 7.05 Å². The van der Waals surface area contributed by atoms with E-state index in [0.29, 0.717) is 22.8 Å². The van der Waals surface area contributed by atoms with Crippen LogP contribution in [-0.4, -0.2) is 33.1 Å². The normalized spacial score (nSPS) is 10.4. The monoisotopic (exact) mass is 292 g/mol. The summed E-state index contributed by atoms with van der Waals surface area (Å²) < 4.78 is 12.3. The number of hydrogen-bond donors (Lipinski definition) is 2. The Morgan fingerprint density at radius 3 is 2.76 bits per heavy atom. The Hall–Kier alpha value is -2.54. The summed E-state index contributed by atoms with van der Waals surface area (Å²) in [4.78, 5) is 11.1. The van der Waals surface area contributed by atoms with Crippen LogP contribution < -0.4 is 9.47 Å². The van der Waals surface area contributed by atoms with Crippen LogP contribution in [0.15, 0.2) is 24.4 Å². The van der Waals surface area contributed by atoms with E-state index in [1.165, 1.54) is 18.0 Å². The van der Waals surface area contributed by atoms with Gasteiger partial charge in [0.25, 0.3) is 0 Å². The maximum atomic E-state index is 11.1. The fourth-order valence-corrected chi connectivity index (χ4v) is 1.89. The lowest BCUT2D eigenvalue weighted by atomic mass is 10.2. The van der Waals surface area contributed by atoms with E-state index >= 15 is 0 Å². The standard InChI is InChI=1S/C14H16N2O5/c1-16-11(10(6-15-16)14(18)19)8-21-12-4-3-9(7-17)5-13(12)20-2/h3-6,17H,7-8H2,1-2H3,(H,18,19). The summed E-state index contributed by atoms with van der Waals surface area (Å²) in [6, 6.07) is 5.04. The number of nitrogens with zero attached hydrogens (tertiary/aromatic N) is 2. The van der Waals surface area contributed by atoms with E-state index in [1.807, 2.05) is 0 Å². The van der Waals surface area contributed by atoms with Gasteiger partial charge in [-0.2, -0.15) is 5.10 Å². The average molecular weight is 292 g/mol. The lowest BCUT2D eigenvalue weighted by molar-refractivity contribution is 0.0693.